The third-order valence-electron chi connectivity index (χ3n) is 5.40. The van der Waals surface area contributed by atoms with Crippen molar-refractivity contribution in [3.8, 4) is 0 Å². The van der Waals surface area contributed by atoms with Crippen LogP contribution >= 0.6 is 0 Å². The van der Waals surface area contributed by atoms with Gasteiger partial charge in [-0.25, -0.2) is 4.79 Å². The number of hydrogen-bond donors (Lipinski definition) is 3. The van der Waals surface area contributed by atoms with E-state index in [4.69, 9.17) is 9.16 Å². The minimum atomic E-state index is -5.09. The molecule has 0 bridgehead atoms. The zero-order chi connectivity index (χ0) is 23.1. The Morgan fingerprint density at radius 1 is 1.33 bits per heavy atom. The molecule has 1 fully saturated rings. The average Bonchev–Trinajstić information content (AvgIpc) is 2.86. The second-order valence-electron chi connectivity index (χ2n) is 8.62. The van der Waals surface area contributed by atoms with Crippen LogP contribution in [0.3, 0.4) is 0 Å². The van der Waals surface area contributed by atoms with Crippen LogP contribution in [0.4, 0.5) is 13.2 Å². The number of hydrogen-bond acceptors (Lipinski definition) is 6. The minimum absolute atomic E-state index is 0.282. The summed E-state index contributed by atoms with van der Waals surface area (Å²) < 4.78 is 50.2. The Bertz CT molecular complexity index is 892. The lowest BCUT2D eigenvalue weighted by Gasteiger charge is -2.40. The number of aromatic nitrogens is 2. The maximum absolute atomic E-state index is 12.5. The lowest BCUT2D eigenvalue weighted by atomic mass is 10.1. The molecule has 1 aromatic heterocycles. The van der Waals surface area contributed by atoms with Gasteiger partial charge in [0.2, 0.25) is 0 Å². The summed E-state index contributed by atoms with van der Waals surface area (Å²) in [6.07, 6.45) is -8.97. The van der Waals surface area contributed by atoms with Crippen LogP contribution in [0.2, 0.25) is 18.1 Å². The molecule has 1 saturated heterocycles. The molecule has 0 unspecified atom stereocenters. The first-order chi connectivity index (χ1) is 13.5. The van der Waals surface area contributed by atoms with Crippen LogP contribution in [0.15, 0.2) is 21.9 Å². The van der Waals surface area contributed by atoms with Crippen molar-refractivity contribution in [2.45, 2.75) is 69.6 Å². The van der Waals surface area contributed by atoms with Crippen molar-refractivity contribution in [1.82, 2.24) is 14.9 Å². The van der Waals surface area contributed by atoms with Gasteiger partial charge in [-0.3, -0.25) is 19.1 Å². The van der Waals surface area contributed by atoms with Crippen molar-refractivity contribution in [1.29, 1.82) is 0 Å². The second-order valence-corrected chi connectivity index (χ2v) is 13.4. The number of H-pyrrole nitrogens is 1. The van der Waals surface area contributed by atoms with Crippen LogP contribution in [0, 0.1) is 0 Å². The molecule has 2 heterocycles. The zero-order valence-electron chi connectivity index (χ0n) is 17.2. The Kier molecular flexibility index (Phi) is 6.71. The van der Waals surface area contributed by atoms with Gasteiger partial charge in [-0.15, -0.1) is 0 Å². The first-order valence-electron chi connectivity index (χ1n) is 9.22. The molecule has 1 aliphatic rings. The molecule has 3 N–H and O–H groups in total. The summed E-state index contributed by atoms with van der Waals surface area (Å²) in [5.41, 5.74) is -1.48. The number of aliphatic hydroxyl groups is 1. The van der Waals surface area contributed by atoms with Gasteiger partial charge < -0.3 is 19.6 Å². The number of carbonyl (C=O) groups excluding carboxylic acids is 1. The molecule has 0 saturated carbocycles. The first-order valence-corrected chi connectivity index (χ1v) is 12.1. The summed E-state index contributed by atoms with van der Waals surface area (Å²) in [4.78, 5) is 36.8. The number of aromatic amines is 1. The third-order valence-corrected chi connectivity index (χ3v) is 9.87. The minimum Gasteiger partial charge on any atom is -0.407 e. The molecule has 9 nitrogen and oxygen atoms in total. The molecule has 0 aromatic carbocycles. The molecule has 0 aliphatic carbocycles. The number of carbonyl (C=O) groups is 1. The quantitative estimate of drug-likeness (QED) is 0.569. The van der Waals surface area contributed by atoms with E-state index in [-0.39, 0.29) is 5.04 Å². The van der Waals surface area contributed by atoms with Crippen LogP contribution in [0.25, 0.3) is 0 Å². The van der Waals surface area contributed by atoms with E-state index in [2.05, 4.69) is 4.98 Å². The summed E-state index contributed by atoms with van der Waals surface area (Å²) in [5, 5.41) is 12.1. The number of alkyl halides is 3. The van der Waals surface area contributed by atoms with Crippen LogP contribution in [0.5, 0.6) is 0 Å². The summed E-state index contributed by atoms with van der Waals surface area (Å²) in [5.74, 6) is -2.18. The van der Waals surface area contributed by atoms with Crippen LogP contribution < -0.4 is 16.6 Å². The highest BCUT2D eigenvalue weighted by atomic mass is 28.4. The monoisotopic (exact) mass is 453 g/mol. The van der Waals surface area contributed by atoms with Gasteiger partial charge in [-0.2, -0.15) is 13.2 Å². The topological polar surface area (TPSA) is 123 Å². The smallest absolute Gasteiger partial charge is 0.407 e. The molecular formula is C17H26F3N3O6Si. The molecular weight excluding hydrogens is 427 g/mol. The lowest BCUT2D eigenvalue weighted by Crippen LogP contribution is -2.50. The number of nitrogens with one attached hydrogen (secondary N) is 2. The number of rotatable bonds is 5. The van der Waals surface area contributed by atoms with Gasteiger partial charge in [-0.05, 0) is 18.1 Å². The van der Waals surface area contributed by atoms with E-state index in [1.165, 1.54) is 0 Å². The zero-order valence-corrected chi connectivity index (χ0v) is 18.2. The summed E-state index contributed by atoms with van der Waals surface area (Å²) in [6.45, 7) is 8.98. The van der Waals surface area contributed by atoms with Crippen LogP contribution in [0.1, 0.15) is 27.0 Å². The Balaban J connectivity index is 2.35. The van der Waals surface area contributed by atoms with Gasteiger partial charge in [0.1, 0.15) is 18.3 Å². The van der Waals surface area contributed by atoms with Crippen molar-refractivity contribution in [2.24, 2.45) is 0 Å². The van der Waals surface area contributed by atoms with E-state index >= 15 is 0 Å². The Hall–Kier alpha value is -1.96. The lowest BCUT2D eigenvalue weighted by molar-refractivity contribution is -0.174. The predicted octanol–water partition coefficient (Wildman–Crippen LogP) is 0.864. The maximum atomic E-state index is 12.5. The second kappa shape index (κ2) is 8.28. The fourth-order valence-electron chi connectivity index (χ4n) is 2.68. The number of halogens is 3. The maximum Gasteiger partial charge on any atom is 0.471 e. The molecule has 1 aliphatic heterocycles. The molecule has 0 spiro atoms. The molecule has 2 rings (SSSR count). The van der Waals surface area contributed by atoms with E-state index in [0.29, 0.717) is 0 Å². The van der Waals surface area contributed by atoms with Crippen molar-refractivity contribution in [2.75, 3.05) is 6.54 Å². The van der Waals surface area contributed by atoms with Crippen molar-refractivity contribution < 1.29 is 32.2 Å². The molecule has 0 radical (unpaired) electrons. The molecule has 4 atom stereocenters. The van der Waals surface area contributed by atoms with Crippen molar-refractivity contribution in [3.05, 3.63) is 33.1 Å². The highest BCUT2D eigenvalue weighted by molar-refractivity contribution is 6.74. The first kappa shape index (κ1) is 24.3. The molecule has 30 heavy (non-hydrogen) atoms. The molecule has 1 aromatic rings. The summed E-state index contributed by atoms with van der Waals surface area (Å²) in [7, 11) is -2.51. The molecule has 1 amide bonds. The fourth-order valence-corrected chi connectivity index (χ4v) is 3.97. The van der Waals surface area contributed by atoms with E-state index in [1.807, 2.05) is 33.9 Å². The summed E-state index contributed by atoms with van der Waals surface area (Å²) >= 11 is 0. The normalized spacial score (nSPS) is 25.4. The van der Waals surface area contributed by atoms with Gasteiger partial charge in [0.25, 0.3) is 5.56 Å². The number of aliphatic hydroxyl groups excluding tert-OH is 1. The third kappa shape index (κ3) is 5.20. The number of nitrogens with zero attached hydrogens (tertiary/aromatic N) is 1. The van der Waals surface area contributed by atoms with Crippen molar-refractivity contribution in [3.63, 3.8) is 0 Å². The number of amides is 1. The number of ether oxygens (including phenoxy) is 1. The Morgan fingerprint density at radius 3 is 2.43 bits per heavy atom. The highest BCUT2D eigenvalue weighted by Gasteiger charge is 2.51. The van der Waals surface area contributed by atoms with Gasteiger partial charge in [-0.1, -0.05) is 20.8 Å². The van der Waals surface area contributed by atoms with Gasteiger partial charge in [0.15, 0.2) is 14.5 Å². The van der Waals surface area contributed by atoms with Crippen LogP contribution in [-0.2, 0) is 14.0 Å². The highest BCUT2D eigenvalue weighted by Crippen LogP contribution is 2.41. The molecule has 13 heteroatoms. The van der Waals surface area contributed by atoms with E-state index < -0.39 is 62.7 Å². The average molecular weight is 453 g/mol. The summed E-state index contributed by atoms with van der Waals surface area (Å²) in [6, 6.07) is 1.07. The van der Waals surface area contributed by atoms with Gasteiger partial charge in [0, 0.05) is 18.8 Å². The fraction of sp³-hybridized carbons (Fsp3) is 0.706. The van der Waals surface area contributed by atoms with Crippen LogP contribution in [-0.4, -0.2) is 59.9 Å². The van der Waals surface area contributed by atoms with Gasteiger partial charge in [0.05, 0.1) is 0 Å². The standard InChI is InChI=1S/C17H26F3N3O6Si/c1-16(2,3)30(4,5)29-12-11(25)9(8-21-14(26)17(18,19)20)28-13(12)23-7-6-10(24)22-15(23)27/h6-7,9,11-13,25H,8H2,1-5H3,(H,21,26)(H,22,24,27)/t9-,11-,12-,13-/m1/s1. The van der Waals surface area contributed by atoms with E-state index in [0.717, 1.165) is 16.8 Å². The van der Waals surface area contributed by atoms with Gasteiger partial charge >= 0.3 is 17.8 Å². The Labute approximate surface area is 171 Å². The molecule has 170 valence electrons. The van der Waals surface area contributed by atoms with Crippen molar-refractivity contribution >= 4 is 14.2 Å². The van der Waals surface area contributed by atoms with E-state index in [9.17, 15) is 32.7 Å². The van der Waals surface area contributed by atoms with E-state index in [1.54, 1.807) is 5.32 Å². The largest absolute Gasteiger partial charge is 0.471 e. The SMILES string of the molecule is CC(C)(C)[Si](C)(C)O[C@@H]1[C@H](O)[C@@H](CNC(=O)C(F)(F)F)O[C@H]1n1ccc(=O)[nH]c1=O. The Morgan fingerprint density at radius 2 is 1.93 bits per heavy atom. The predicted molar refractivity (Wildman–Crippen MR) is 102 cm³/mol.